The quantitative estimate of drug-likeness (QED) is 0.868. The van der Waals surface area contributed by atoms with E-state index in [0.29, 0.717) is 6.04 Å². The first-order chi connectivity index (χ1) is 9.29. The molecule has 0 radical (unpaired) electrons. The van der Waals surface area contributed by atoms with Gasteiger partial charge in [-0.1, -0.05) is 19.1 Å². The van der Waals surface area contributed by atoms with Gasteiger partial charge in [-0.05, 0) is 73.1 Å². The number of halogens is 1. The molecule has 1 aromatic carbocycles. The molecule has 3 aliphatic carbocycles. The van der Waals surface area contributed by atoms with Crippen molar-refractivity contribution in [3.05, 3.63) is 35.6 Å². The Bertz CT molecular complexity index is 470. The molecule has 0 aliphatic heterocycles. The fourth-order valence-electron chi connectivity index (χ4n) is 5.23. The molecule has 3 saturated carbocycles. The van der Waals surface area contributed by atoms with Crippen LogP contribution >= 0.6 is 0 Å². The highest BCUT2D eigenvalue weighted by atomic mass is 19.1. The Kier molecular flexibility index (Phi) is 2.70. The van der Waals surface area contributed by atoms with Crippen LogP contribution in [0.3, 0.4) is 0 Å². The Morgan fingerprint density at radius 1 is 1.26 bits per heavy atom. The Hall–Kier alpha value is -0.890. The van der Waals surface area contributed by atoms with Crippen LogP contribution in [0.25, 0.3) is 0 Å². The maximum absolute atomic E-state index is 13.5. The lowest BCUT2D eigenvalue weighted by atomic mass is 9.93. The standard InChI is InChI=1S/C17H22FN/c1-2-19-17(12-4-3-5-13(18)9-12)16-14-10-6-7-11(8-10)15(14)16/h3-5,9-11,14-17,19H,2,6-8H2,1H3. The summed E-state index contributed by atoms with van der Waals surface area (Å²) < 4.78 is 13.5. The van der Waals surface area contributed by atoms with Crippen molar-refractivity contribution in [1.82, 2.24) is 5.32 Å². The maximum Gasteiger partial charge on any atom is 0.123 e. The second-order valence-corrected chi connectivity index (χ2v) is 6.66. The molecule has 2 heteroatoms. The van der Waals surface area contributed by atoms with Gasteiger partial charge in [-0.3, -0.25) is 0 Å². The van der Waals surface area contributed by atoms with E-state index in [9.17, 15) is 4.39 Å². The van der Waals surface area contributed by atoms with Gasteiger partial charge in [-0.15, -0.1) is 0 Å². The van der Waals surface area contributed by atoms with Gasteiger partial charge >= 0.3 is 0 Å². The topological polar surface area (TPSA) is 12.0 Å². The third-order valence-corrected chi connectivity index (χ3v) is 5.81. The predicted octanol–water partition coefficient (Wildman–Crippen LogP) is 3.77. The molecule has 0 saturated heterocycles. The van der Waals surface area contributed by atoms with E-state index in [0.717, 1.165) is 41.7 Å². The highest BCUT2D eigenvalue weighted by molar-refractivity contribution is 5.26. The minimum absolute atomic E-state index is 0.103. The second-order valence-electron chi connectivity index (χ2n) is 6.66. The maximum atomic E-state index is 13.5. The van der Waals surface area contributed by atoms with E-state index in [1.54, 1.807) is 12.1 Å². The number of rotatable bonds is 4. The van der Waals surface area contributed by atoms with Crippen LogP contribution in [0.1, 0.15) is 37.8 Å². The molecule has 0 amide bonds. The van der Waals surface area contributed by atoms with Crippen molar-refractivity contribution in [3.63, 3.8) is 0 Å². The van der Waals surface area contributed by atoms with Crippen LogP contribution in [0.15, 0.2) is 24.3 Å². The molecule has 102 valence electrons. The van der Waals surface area contributed by atoms with Crippen LogP contribution in [-0.4, -0.2) is 6.54 Å². The van der Waals surface area contributed by atoms with Crippen LogP contribution < -0.4 is 5.32 Å². The number of fused-ring (bicyclic) bond motifs is 5. The Morgan fingerprint density at radius 3 is 2.63 bits per heavy atom. The van der Waals surface area contributed by atoms with Crippen LogP contribution in [-0.2, 0) is 0 Å². The van der Waals surface area contributed by atoms with Gasteiger partial charge in [0.05, 0.1) is 0 Å². The van der Waals surface area contributed by atoms with E-state index >= 15 is 0 Å². The van der Waals surface area contributed by atoms with Crippen LogP contribution in [0.4, 0.5) is 4.39 Å². The van der Waals surface area contributed by atoms with Crippen molar-refractivity contribution in [2.24, 2.45) is 29.6 Å². The molecule has 5 atom stereocenters. The van der Waals surface area contributed by atoms with E-state index in [1.165, 1.54) is 19.3 Å². The normalized spacial score (nSPS) is 40.2. The van der Waals surface area contributed by atoms with Gasteiger partial charge in [0.1, 0.15) is 5.82 Å². The van der Waals surface area contributed by atoms with Gasteiger partial charge in [0.2, 0.25) is 0 Å². The fraction of sp³-hybridized carbons (Fsp3) is 0.647. The third kappa shape index (κ3) is 1.76. The number of hydrogen-bond acceptors (Lipinski definition) is 1. The lowest BCUT2D eigenvalue weighted by molar-refractivity contribution is 0.374. The third-order valence-electron chi connectivity index (χ3n) is 5.81. The van der Waals surface area contributed by atoms with Gasteiger partial charge in [-0.2, -0.15) is 0 Å². The molecule has 1 N–H and O–H groups in total. The van der Waals surface area contributed by atoms with Gasteiger partial charge in [0.25, 0.3) is 0 Å². The van der Waals surface area contributed by atoms with Gasteiger partial charge in [-0.25, -0.2) is 4.39 Å². The first-order valence-corrected chi connectivity index (χ1v) is 7.78. The molecular formula is C17H22FN. The largest absolute Gasteiger partial charge is 0.310 e. The number of nitrogens with one attached hydrogen (secondary N) is 1. The van der Waals surface area contributed by atoms with Crippen molar-refractivity contribution in [1.29, 1.82) is 0 Å². The van der Waals surface area contributed by atoms with Gasteiger partial charge < -0.3 is 5.32 Å². The summed E-state index contributed by atoms with van der Waals surface area (Å²) in [5, 5.41) is 3.62. The first kappa shape index (κ1) is 11.9. The van der Waals surface area contributed by atoms with E-state index < -0.39 is 0 Å². The number of benzene rings is 1. The highest BCUT2D eigenvalue weighted by Gasteiger charge is 2.66. The summed E-state index contributed by atoms with van der Waals surface area (Å²) in [7, 11) is 0. The molecule has 3 fully saturated rings. The predicted molar refractivity (Wildman–Crippen MR) is 74.1 cm³/mol. The molecule has 4 rings (SSSR count). The number of hydrogen-bond donors (Lipinski definition) is 1. The van der Waals surface area contributed by atoms with Crippen molar-refractivity contribution >= 4 is 0 Å². The van der Waals surface area contributed by atoms with Crippen molar-refractivity contribution < 1.29 is 4.39 Å². The van der Waals surface area contributed by atoms with E-state index in [-0.39, 0.29) is 5.82 Å². The smallest absolute Gasteiger partial charge is 0.123 e. The van der Waals surface area contributed by atoms with Crippen LogP contribution in [0, 0.1) is 35.4 Å². The molecule has 19 heavy (non-hydrogen) atoms. The fourth-order valence-corrected chi connectivity index (χ4v) is 5.23. The molecule has 0 spiro atoms. The summed E-state index contributed by atoms with van der Waals surface area (Å²) in [6.07, 6.45) is 4.38. The van der Waals surface area contributed by atoms with E-state index in [4.69, 9.17) is 0 Å². The zero-order valence-corrected chi connectivity index (χ0v) is 11.5. The summed E-state index contributed by atoms with van der Waals surface area (Å²) in [4.78, 5) is 0. The molecule has 5 unspecified atom stereocenters. The minimum atomic E-state index is -0.103. The average Bonchev–Trinajstić information content (AvgIpc) is 2.82. The average molecular weight is 259 g/mol. The summed E-state index contributed by atoms with van der Waals surface area (Å²) in [6, 6.07) is 7.58. The zero-order valence-electron chi connectivity index (χ0n) is 11.5. The summed E-state index contributed by atoms with van der Waals surface area (Å²) in [5.41, 5.74) is 1.15. The minimum Gasteiger partial charge on any atom is -0.310 e. The monoisotopic (exact) mass is 259 g/mol. The lowest BCUT2D eigenvalue weighted by Crippen LogP contribution is -2.25. The second kappa shape index (κ2) is 4.31. The van der Waals surface area contributed by atoms with Crippen molar-refractivity contribution in [2.75, 3.05) is 6.54 Å². The Balaban J connectivity index is 1.60. The lowest BCUT2D eigenvalue weighted by Gasteiger charge is -2.22. The molecule has 0 aromatic heterocycles. The van der Waals surface area contributed by atoms with E-state index in [2.05, 4.69) is 18.3 Å². The summed E-state index contributed by atoms with van der Waals surface area (Å²) in [5.74, 6) is 4.50. The summed E-state index contributed by atoms with van der Waals surface area (Å²) >= 11 is 0. The van der Waals surface area contributed by atoms with Crippen LogP contribution in [0.5, 0.6) is 0 Å². The van der Waals surface area contributed by atoms with Gasteiger partial charge in [0.15, 0.2) is 0 Å². The van der Waals surface area contributed by atoms with Crippen molar-refractivity contribution in [2.45, 2.75) is 32.2 Å². The molecule has 1 nitrogen and oxygen atoms in total. The highest BCUT2D eigenvalue weighted by Crippen LogP contribution is 2.72. The zero-order chi connectivity index (χ0) is 13.0. The SMILES string of the molecule is CCNC(c1cccc(F)c1)C1C2C3CCC(C3)C21. The van der Waals surface area contributed by atoms with E-state index in [1.807, 2.05) is 6.07 Å². The molecule has 3 aliphatic rings. The first-order valence-electron chi connectivity index (χ1n) is 7.78. The van der Waals surface area contributed by atoms with Gasteiger partial charge in [0, 0.05) is 6.04 Å². The Labute approximate surface area is 114 Å². The van der Waals surface area contributed by atoms with Crippen molar-refractivity contribution in [3.8, 4) is 0 Å². The summed E-state index contributed by atoms with van der Waals surface area (Å²) in [6.45, 7) is 3.12. The molecule has 2 bridgehead atoms. The molecule has 1 aromatic rings. The molecular weight excluding hydrogens is 237 g/mol. The molecule has 0 heterocycles. The van der Waals surface area contributed by atoms with Crippen LogP contribution in [0.2, 0.25) is 0 Å². The Morgan fingerprint density at radius 2 is 2.00 bits per heavy atom.